The fourth-order valence-electron chi connectivity index (χ4n) is 2.23. The van der Waals surface area contributed by atoms with Gasteiger partial charge in [-0.1, -0.05) is 27.7 Å². The predicted octanol–water partition coefficient (Wildman–Crippen LogP) is 2.74. The molecule has 1 aromatic rings. The average Bonchev–Trinajstić information content (AvgIpc) is 3.06. The van der Waals surface area contributed by atoms with Crippen molar-refractivity contribution in [2.45, 2.75) is 46.5 Å². The maximum atomic E-state index is 11.6. The van der Waals surface area contributed by atoms with E-state index in [4.69, 9.17) is 0 Å². The second-order valence-electron chi connectivity index (χ2n) is 6.04. The third-order valence-electron chi connectivity index (χ3n) is 4.05. The van der Waals surface area contributed by atoms with E-state index in [1.165, 1.54) is 12.8 Å². The molecule has 0 aliphatic heterocycles. The lowest BCUT2D eigenvalue weighted by Crippen LogP contribution is -2.23. The normalized spacial score (nSPS) is 17.2. The molecule has 1 fully saturated rings. The molecular formula is C14H23N3O. The fraction of sp³-hybridized carbons (Fsp3) is 0.714. The van der Waals surface area contributed by atoms with Crippen LogP contribution in [0.25, 0.3) is 0 Å². The number of aromatic amines is 1. The van der Waals surface area contributed by atoms with Gasteiger partial charge in [0, 0.05) is 18.5 Å². The van der Waals surface area contributed by atoms with E-state index in [2.05, 4.69) is 29.1 Å². The van der Waals surface area contributed by atoms with Crippen LogP contribution < -0.4 is 10.9 Å². The van der Waals surface area contributed by atoms with Crippen molar-refractivity contribution < 1.29 is 0 Å². The zero-order chi connectivity index (χ0) is 13.3. The number of aromatic nitrogens is 2. The molecule has 1 heterocycles. The van der Waals surface area contributed by atoms with Gasteiger partial charge in [-0.2, -0.15) is 0 Å². The Kier molecular flexibility index (Phi) is 3.46. The van der Waals surface area contributed by atoms with Crippen LogP contribution in [0.1, 0.15) is 52.3 Å². The summed E-state index contributed by atoms with van der Waals surface area (Å²) in [5.74, 6) is 2.37. The maximum Gasteiger partial charge on any atom is 0.252 e. The molecule has 0 amide bonds. The number of anilines is 1. The number of nitrogens with one attached hydrogen (secondary N) is 2. The first-order valence-corrected chi connectivity index (χ1v) is 6.78. The quantitative estimate of drug-likeness (QED) is 0.843. The van der Waals surface area contributed by atoms with Crippen LogP contribution >= 0.6 is 0 Å². The summed E-state index contributed by atoms with van der Waals surface area (Å²) in [6, 6.07) is 1.54. The zero-order valence-corrected chi connectivity index (χ0v) is 11.7. The first-order valence-electron chi connectivity index (χ1n) is 6.78. The first kappa shape index (κ1) is 13.1. The Morgan fingerprint density at radius 2 is 2.06 bits per heavy atom. The van der Waals surface area contributed by atoms with Crippen LogP contribution in [0, 0.1) is 11.3 Å². The number of nitrogens with zero attached hydrogens (tertiary/aromatic N) is 1. The van der Waals surface area contributed by atoms with Crippen molar-refractivity contribution in [3.63, 3.8) is 0 Å². The van der Waals surface area contributed by atoms with Crippen LogP contribution in [-0.2, 0) is 0 Å². The SMILES string of the molecule is CC(C)c1nc(NCC2(C(C)C)CC2)cc(=O)[nH]1. The second kappa shape index (κ2) is 4.75. The molecule has 4 heteroatoms. The highest BCUT2D eigenvalue weighted by Gasteiger charge is 2.44. The summed E-state index contributed by atoms with van der Waals surface area (Å²) in [5, 5.41) is 3.33. The summed E-state index contributed by atoms with van der Waals surface area (Å²) in [6.45, 7) is 9.49. The number of hydrogen-bond donors (Lipinski definition) is 2. The summed E-state index contributed by atoms with van der Waals surface area (Å²) < 4.78 is 0. The van der Waals surface area contributed by atoms with E-state index in [-0.39, 0.29) is 11.5 Å². The van der Waals surface area contributed by atoms with E-state index >= 15 is 0 Å². The van der Waals surface area contributed by atoms with Gasteiger partial charge in [-0.15, -0.1) is 0 Å². The Balaban J connectivity index is 2.08. The zero-order valence-electron chi connectivity index (χ0n) is 11.7. The van der Waals surface area contributed by atoms with Crippen LogP contribution in [0.15, 0.2) is 10.9 Å². The molecule has 1 aliphatic rings. The molecule has 0 bridgehead atoms. The van der Waals surface area contributed by atoms with E-state index in [0.29, 0.717) is 17.2 Å². The Bertz CT molecular complexity index is 472. The summed E-state index contributed by atoms with van der Waals surface area (Å²) in [6.07, 6.45) is 2.55. The lowest BCUT2D eigenvalue weighted by atomic mass is 9.92. The molecule has 2 N–H and O–H groups in total. The van der Waals surface area contributed by atoms with Gasteiger partial charge in [0.1, 0.15) is 11.6 Å². The van der Waals surface area contributed by atoms with Crippen molar-refractivity contribution in [3.05, 3.63) is 22.2 Å². The molecule has 0 atom stereocenters. The van der Waals surface area contributed by atoms with Crippen molar-refractivity contribution in [2.24, 2.45) is 11.3 Å². The standard InChI is InChI=1S/C14H23N3O/c1-9(2)13-16-11(7-12(18)17-13)15-8-14(5-6-14)10(3)4/h7,9-10H,5-6,8H2,1-4H3,(H2,15,16,17,18). The van der Waals surface area contributed by atoms with Crippen molar-refractivity contribution in [2.75, 3.05) is 11.9 Å². The van der Waals surface area contributed by atoms with Gasteiger partial charge in [0.2, 0.25) is 0 Å². The highest BCUT2D eigenvalue weighted by atomic mass is 16.1. The van der Waals surface area contributed by atoms with E-state index in [0.717, 1.165) is 12.4 Å². The third-order valence-corrected chi connectivity index (χ3v) is 4.05. The summed E-state index contributed by atoms with van der Waals surface area (Å²) in [5.41, 5.74) is 0.341. The lowest BCUT2D eigenvalue weighted by Gasteiger charge is -2.20. The number of hydrogen-bond acceptors (Lipinski definition) is 3. The number of H-pyrrole nitrogens is 1. The Morgan fingerprint density at radius 1 is 1.39 bits per heavy atom. The molecule has 0 saturated heterocycles. The average molecular weight is 249 g/mol. The first-order chi connectivity index (χ1) is 8.43. The largest absolute Gasteiger partial charge is 0.369 e. The smallest absolute Gasteiger partial charge is 0.252 e. The Hall–Kier alpha value is -1.32. The summed E-state index contributed by atoms with van der Waals surface area (Å²) in [4.78, 5) is 18.8. The van der Waals surface area contributed by atoms with E-state index in [1.807, 2.05) is 13.8 Å². The molecule has 0 aromatic carbocycles. The van der Waals surface area contributed by atoms with Gasteiger partial charge in [0.25, 0.3) is 5.56 Å². The molecule has 0 radical (unpaired) electrons. The van der Waals surface area contributed by atoms with E-state index < -0.39 is 0 Å². The highest BCUT2D eigenvalue weighted by Crippen LogP contribution is 2.51. The van der Waals surface area contributed by atoms with Gasteiger partial charge >= 0.3 is 0 Å². The van der Waals surface area contributed by atoms with Crippen LogP contribution in [-0.4, -0.2) is 16.5 Å². The second-order valence-corrected chi connectivity index (χ2v) is 6.04. The van der Waals surface area contributed by atoms with Gasteiger partial charge < -0.3 is 10.3 Å². The molecule has 100 valence electrons. The molecule has 2 rings (SSSR count). The monoisotopic (exact) mass is 249 g/mol. The van der Waals surface area contributed by atoms with Crippen molar-refractivity contribution >= 4 is 5.82 Å². The van der Waals surface area contributed by atoms with Gasteiger partial charge in [0.05, 0.1) is 0 Å². The molecule has 1 saturated carbocycles. The molecule has 18 heavy (non-hydrogen) atoms. The van der Waals surface area contributed by atoms with Crippen molar-refractivity contribution in [1.82, 2.24) is 9.97 Å². The van der Waals surface area contributed by atoms with Crippen LogP contribution in [0.2, 0.25) is 0 Å². The predicted molar refractivity (Wildman–Crippen MR) is 73.9 cm³/mol. The molecule has 0 unspecified atom stereocenters. The van der Waals surface area contributed by atoms with Gasteiger partial charge in [-0.3, -0.25) is 4.79 Å². The summed E-state index contributed by atoms with van der Waals surface area (Å²) >= 11 is 0. The molecule has 1 aromatic heterocycles. The number of rotatable bonds is 5. The summed E-state index contributed by atoms with van der Waals surface area (Å²) in [7, 11) is 0. The highest BCUT2D eigenvalue weighted by molar-refractivity contribution is 5.34. The molecular weight excluding hydrogens is 226 g/mol. The minimum atomic E-state index is -0.0782. The molecule has 4 nitrogen and oxygen atoms in total. The van der Waals surface area contributed by atoms with Crippen LogP contribution in [0.4, 0.5) is 5.82 Å². The minimum Gasteiger partial charge on any atom is -0.369 e. The Morgan fingerprint density at radius 3 is 2.56 bits per heavy atom. The third kappa shape index (κ3) is 2.74. The van der Waals surface area contributed by atoms with Crippen LogP contribution in [0.5, 0.6) is 0 Å². The molecule has 1 aliphatic carbocycles. The molecule has 0 spiro atoms. The topological polar surface area (TPSA) is 57.8 Å². The maximum absolute atomic E-state index is 11.6. The van der Waals surface area contributed by atoms with Gasteiger partial charge in [0.15, 0.2) is 0 Å². The van der Waals surface area contributed by atoms with Gasteiger partial charge in [-0.25, -0.2) is 4.98 Å². The fourth-order valence-corrected chi connectivity index (χ4v) is 2.23. The lowest BCUT2D eigenvalue weighted by molar-refractivity contribution is 0.379. The van der Waals surface area contributed by atoms with Crippen molar-refractivity contribution in [1.29, 1.82) is 0 Å². The van der Waals surface area contributed by atoms with E-state index in [1.54, 1.807) is 6.07 Å². The van der Waals surface area contributed by atoms with Crippen LogP contribution in [0.3, 0.4) is 0 Å². The minimum absolute atomic E-state index is 0.0782. The van der Waals surface area contributed by atoms with Crippen molar-refractivity contribution in [3.8, 4) is 0 Å². The van der Waals surface area contributed by atoms with E-state index in [9.17, 15) is 4.79 Å². The van der Waals surface area contributed by atoms with Gasteiger partial charge in [-0.05, 0) is 24.2 Å². The Labute approximate surface area is 108 Å².